The number of rotatable bonds is 3. The van der Waals surface area contributed by atoms with Crippen LogP contribution < -0.4 is 5.43 Å². The standard InChI is InChI=1S/C14H22N4O5.C9H12N2O4/c1-13(2,3)22-11(20)16-15-9-7-8-10(19)18(9)17-12(21)23-14(4,5)6;1-9(2,3)15-8(13)11-10-6-4-5-7(12)14-6/h7-8,19H,1-6H3,(H,17,21);4-5,12H,1-3H3. The second-order valence-electron chi connectivity index (χ2n) is 10.5. The summed E-state index contributed by atoms with van der Waals surface area (Å²) < 4.78 is 20.5. The molecule has 15 nitrogen and oxygen atoms in total. The van der Waals surface area contributed by atoms with Gasteiger partial charge >= 0.3 is 18.3 Å². The van der Waals surface area contributed by atoms with E-state index in [1.807, 2.05) is 0 Å². The van der Waals surface area contributed by atoms with Crippen LogP contribution in [-0.2, 0) is 14.2 Å². The summed E-state index contributed by atoms with van der Waals surface area (Å²) in [5, 5.41) is 32.2. The molecule has 0 saturated heterocycles. The highest BCUT2D eigenvalue weighted by molar-refractivity contribution is 5.77. The van der Waals surface area contributed by atoms with E-state index in [4.69, 9.17) is 19.3 Å². The molecule has 0 spiro atoms. The number of aromatic hydroxyl groups is 2. The van der Waals surface area contributed by atoms with Crippen molar-refractivity contribution in [3.05, 3.63) is 24.3 Å². The van der Waals surface area contributed by atoms with Crippen LogP contribution in [0.5, 0.6) is 11.8 Å². The Balaban J connectivity index is 0.000000415. The number of ether oxygens (including phenoxy) is 3. The Labute approximate surface area is 219 Å². The normalized spacial score (nSPS) is 12.1. The fourth-order valence-corrected chi connectivity index (χ4v) is 2.12. The van der Waals surface area contributed by atoms with E-state index in [9.17, 15) is 19.5 Å². The van der Waals surface area contributed by atoms with Crippen molar-refractivity contribution in [2.45, 2.75) is 79.1 Å². The number of furan rings is 1. The van der Waals surface area contributed by atoms with Gasteiger partial charge in [0.1, 0.15) is 16.8 Å². The van der Waals surface area contributed by atoms with Crippen LogP contribution in [0.15, 0.2) is 49.1 Å². The molecule has 0 fully saturated rings. The number of hydrogen-bond acceptors (Lipinski definition) is 11. The molecule has 2 aromatic heterocycles. The van der Waals surface area contributed by atoms with Gasteiger partial charge in [0.2, 0.25) is 11.8 Å². The molecule has 38 heavy (non-hydrogen) atoms. The molecule has 2 rings (SSSR count). The predicted molar refractivity (Wildman–Crippen MR) is 134 cm³/mol. The monoisotopic (exact) mass is 538 g/mol. The summed E-state index contributed by atoms with van der Waals surface area (Å²) in [7, 11) is 0. The van der Waals surface area contributed by atoms with Gasteiger partial charge in [0.25, 0.3) is 5.95 Å². The lowest BCUT2D eigenvalue weighted by Crippen LogP contribution is -2.31. The highest BCUT2D eigenvalue weighted by Crippen LogP contribution is 2.23. The van der Waals surface area contributed by atoms with Gasteiger partial charge in [-0.25, -0.2) is 19.8 Å². The second-order valence-corrected chi connectivity index (χ2v) is 10.5. The van der Waals surface area contributed by atoms with Crippen molar-refractivity contribution in [3.8, 4) is 11.8 Å². The van der Waals surface area contributed by atoms with Gasteiger partial charge in [0, 0.05) is 18.2 Å². The minimum atomic E-state index is -0.887. The molecule has 3 N–H and O–H groups in total. The summed E-state index contributed by atoms with van der Waals surface area (Å²) in [5.41, 5.74) is 0.275. The highest BCUT2D eigenvalue weighted by Gasteiger charge is 2.19. The molecule has 0 aromatic carbocycles. The van der Waals surface area contributed by atoms with Gasteiger partial charge in [-0.05, 0) is 68.4 Å². The van der Waals surface area contributed by atoms with E-state index >= 15 is 0 Å². The maximum Gasteiger partial charge on any atom is 0.453 e. The highest BCUT2D eigenvalue weighted by atomic mass is 16.6. The number of hydrogen-bond donors (Lipinski definition) is 3. The Hall–Kier alpha value is -4.43. The smallest absolute Gasteiger partial charge is 0.453 e. The molecule has 0 radical (unpaired) electrons. The van der Waals surface area contributed by atoms with Gasteiger partial charge in [-0.3, -0.25) is 0 Å². The zero-order valence-electron chi connectivity index (χ0n) is 22.8. The van der Waals surface area contributed by atoms with E-state index in [-0.39, 0.29) is 23.5 Å². The van der Waals surface area contributed by atoms with Gasteiger partial charge in [-0.1, -0.05) is 10.2 Å². The largest absolute Gasteiger partial charge is 0.493 e. The van der Waals surface area contributed by atoms with Gasteiger partial charge in [0.05, 0.1) is 0 Å². The number of nitrogens with zero attached hydrogens (tertiary/aromatic N) is 5. The van der Waals surface area contributed by atoms with Crippen LogP contribution >= 0.6 is 0 Å². The molecule has 0 saturated carbocycles. The van der Waals surface area contributed by atoms with Gasteiger partial charge < -0.3 is 28.8 Å². The Morgan fingerprint density at radius 2 is 1.26 bits per heavy atom. The molecule has 0 atom stereocenters. The minimum absolute atomic E-state index is 0.0271. The van der Waals surface area contributed by atoms with Crippen LogP contribution in [-0.4, -0.2) is 50.0 Å². The average molecular weight is 539 g/mol. The summed E-state index contributed by atoms with van der Waals surface area (Å²) in [4.78, 5) is 34.3. The zero-order valence-corrected chi connectivity index (χ0v) is 22.8. The van der Waals surface area contributed by atoms with E-state index in [0.29, 0.717) is 0 Å². The lowest BCUT2D eigenvalue weighted by Gasteiger charge is -2.20. The predicted octanol–water partition coefficient (Wildman–Crippen LogP) is 6.70. The van der Waals surface area contributed by atoms with E-state index in [2.05, 4.69) is 30.3 Å². The van der Waals surface area contributed by atoms with E-state index in [0.717, 1.165) is 4.68 Å². The van der Waals surface area contributed by atoms with Crippen molar-refractivity contribution in [3.63, 3.8) is 0 Å². The van der Waals surface area contributed by atoms with Crippen molar-refractivity contribution in [2.24, 2.45) is 20.5 Å². The van der Waals surface area contributed by atoms with E-state index in [1.54, 1.807) is 62.3 Å². The summed E-state index contributed by atoms with van der Waals surface area (Å²) in [6.07, 6.45) is -2.49. The number of carbonyl (C=O) groups is 3. The SMILES string of the molecule is CC(C)(C)OC(=O)N=Nc1ccc(O)n1NC(=O)OC(C)(C)C.CC(C)(C)OC(=O)N=Nc1ccc(O)o1. The Morgan fingerprint density at radius 3 is 1.71 bits per heavy atom. The fraction of sp³-hybridized carbons (Fsp3) is 0.522. The molecule has 210 valence electrons. The number of amides is 3. The molecule has 2 heterocycles. The van der Waals surface area contributed by atoms with Crippen LogP contribution in [0, 0.1) is 0 Å². The molecule has 0 aliphatic carbocycles. The van der Waals surface area contributed by atoms with Gasteiger partial charge in [-0.2, -0.15) is 4.68 Å². The number of azo groups is 2. The van der Waals surface area contributed by atoms with Crippen LogP contribution in [0.4, 0.5) is 26.1 Å². The van der Waals surface area contributed by atoms with E-state index in [1.165, 1.54) is 24.3 Å². The van der Waals surface area contributed by atoms with Crippen molar-refractivity contribution in [1.29, 1.82) is 0 Å². The maximum absolute atomic E-state index is 11.7. The summed E-state index contributed by atoms with van der Waals surface area (Å²) in [5.74, 6) is -0.514. The zero-order chi connectivity index (χ0) is 29.3. The first-order valence-electron chi connectivity index (χ1n) is 11.2. The third-order valence-corrected chi connectivity index (χ3v) is 3.27. The molecule has 0 aliphatic heterocycles. The molecule has 3 amide bonds. The molecule has 0 unspecified atom stereocenters. The number of nitrogens with one attached hydrogen (secondary N) is 1. The van der Waals surface area contributed by atoms with Crippen molar-refractivity contribution >= 4 is 30.0 Å². The Bertz CT molecular complexity index is 1160. The summed E-state index contributed by atoms with van der Waals surface area (Å²) >= 11 is 0. The number of aromatic nitrogens is 1. The third-order valence-electron chi connectivity index (χ3n) is 3.27. The molecule has 0 bridgehead atoms. The third kappa shape index (κ3) is 13.6. The molecular weight excluding hydrogens is 504 g/mol. The van der Waals surface area contributed by atoms with Crippen LogP contribution in [0.3, 0.4) is 0 Å². The second kappa shape index (κ2) is 12.7. The quantitative estimate of drug-likeness (QED) is 0.281. The Morgan fingerprint density at radius 1 is 0.763 bits per heavy atom. The summed E-state index contributed by atoms with van der Waals surface area (Å²) in [6.45, 7) is 15.3. The molecule has 15 heteroatoms. The van der Waals surface area contributed by atoms with Gasteiger partial charge in [0.15, 0.2) is 5.82 Å². The lowest BCUT2D eigenvalue weighted by molar-refractivity contribution is 0.0580. The van der Waals surface area contributed by atoms with Crippen LogP contribution in [0.1, 0.15) is 62.3 Å². The molecular formula is C23H34N6O9. The maximum atomic E-state index is 11.7. The van der Waals surface area contributed by atoms with Crippen LogP contribution in [0.2, 0.25) is 0 Å². The van der Waals surface area contributed by atoms with Crippen LogP contribution in [0.25, 0.3) is 0 Å². The fourth-order valence-electron chi connectivity index (χ4n) is 2.12. The topological polar surface area (TPSA) is 199 Å². The van der Waals surface area contributed by atoms with Crippen molar-refractivity contribution < 1.29 is 43.2 Å². The van der Waals surface area contributed by atoms with Crippen molar-refractivity contribution in [2.75, 3.05) is 5.43 Å². The lowest BCUT2D eigenvalue weighted by atomic mass is 10.2. The van der Waals surface area contributed by atoms with Crippen molar-refractivity contribution in [1.82, 2.24) is 4.68 Å². The number of carbonyl (C=O) groups excluding carboxylic acids is 3. The minimum Gasteiger partial charge on any atom is -0.493 e. The molecule has 0 aliphatic rings. The Kier molecular flexibility index (Phi) is 10.6. The first kappa shape index (κ1) is 31.6. The first-order valence-corrected chi connectivity index (χ1v) is 11.2. The average Bonchev–Trinajstić information content (AvgIpc) is 3.27. The molecule has 2 aromatic rings. The van der Waals surface area contributed by atoms with Gasteiger partial charge in [-0.15, -0.1) is 10.2 Å². The summed E-state index contributed by atoms with van der Waals surface area (Å²) in [6, 6.07) is 5.31. The first-order chi connectivity index (χ1) is 17.2. The van der Waals surface area contributed by atoms with E-state index < -0.39 is 35.1 Å².